The van der Waals surface area contributed by atoms with Crippen LogP contribution in [0.4, 0.5) is 10.5 Å². The Bertz CT molecular complexity index is 1130. The maximum absolute atomic E-state index is 12.8. The lowest BCUT2D eigenvalue weighted by Crippen LogP contribution is -2.49. The number of halogens is 3. The first-order chi connectivity index (χ1) is 16.3. The average molecular weight is 545 g/mol. The molecule has 2 aromatic carbocycles. The summed E-state index contributed by atoms with van der Waals surface area (Å²) in [5.74, 6) is -2.75. The molecule has 9 nitrogen and oxygen atoms in total. The first kappa shape index (κ1) is 28.2. The van der Waals surface area contributed by atoms with Gasteiger partial charge in [0, 0.05) is 5.02 Å². The molecular formula is C23H24Cl3N3O6. The number of aliphatic carboxylic acids is 1. The zero-order valence-corrected chi connectivity index (χ0v) is 21.3. The van der Waals surface area contributed by atoms with Gasteiger partial charge in [0.2, 0.25) is 5.91 Å². The van der Waals surface area contributed by atoms with Crippen molar-refractivity contribution in [3.05, 3.63) is 62.6 Å². The minimum atomic E-state index is -1.51. The summed E-state index contributed by atoms with van der Waals surface area (Å²) in [5.41, 5.74) is -0.255. The monoisotopic (exact) mass is 543 g/mol. The molecule has 0 aliphatic heterocycles. The molecule has 0 aromatic heterocycles. The van der Waals surface area contributed by atoms with E-state index in [0.29, 0.717) is 10.6 Å². The number of alkyl carbamates (subject to hydrolysis) is 1. The number of hydrogen-bond acceptors (Lipinski definition) is 5. The summed E-state index contributed by atoms with van der Waals surface area (Å²) in [6.45, 7) is 4.48. The molecule has 0 heterocycles. The van der Waals surface area contributed by atoms with E-state index in [0.717, 1.165) is 0 Å². The van der Waals surface area contributed by atoms with Crippen LogP contribution in [0.15, 0.2) is 36.4 Å². The van der Waals surface area contributed by atoms with Gasteiger partial charge in [0.1, 0.15) is 11.6 Å². The molecule has 2 rings (SSSR count). The first-order valence-electron chi connectivity index (χ1n) is 10.3. The van der Waals surface area contributed by atoms with Crippen molar-refractivity contribution in [3.63, 3.8) is 0 Å². The molecule has 3 amide bonds. The van der Waals surface area contributed by atoms with Gasteiger partial charge in [-0.3, -0.25) is 9.59 Å². The minimum Gasteiger partial charge on any atom is -0.480 e. The molecule has 188 valence electrons. The highest BCUT2D eigenvalue weighted by Gasteiger charge is 2.26. The summed E-state index contributed by atoms with van der Waals surface area (Å²) >= 11 is 18.4. The number of amides is 3. The van der Waals surface area contributed by atoms with E-state index < -0.39 is 42.1 Å². The molecule has 0 spiro atoms. The molecule has 0 bridgehead atoms. The molecule has 0 saturated heterocycles. The highest BCUT2D eigenvalue weighted by molar-refractivity contribution is 6.41. The Morgan fingerprint density at radius 1 is 1.06 bits per heavy atom. The number of rotatable bonds is 8. The zero-order valence-electron chi connectivity index (χ0n) is 19.1. The number of carbonyl (C=O) groups excluding carboxylic acids is 3. The molecule has 0 radical (unpaired) electrons. The Balaban J connectivity index is 2.13. The van der Waals surface area contributed by atoms with E-state index in [2.05, 4.69) is 16.0 Å². The summed E-state index contributed by atoms with van der Waals surface area (Å²) in [4.78, 5) is 48.7. The smallest absolute Gasteiger partial charge is 0.407 e. The zero-order chi connectivity index (χ0) is 26.3. The quantitative estimate of drug-likeness (QED) is 0.386. The first-order valence-corrected chi connectivity index (χ1v) is 11.4. The number of hydrogen-bond donors (Lipinski definition) is 4. The summed E-state index contributed by atoms with van der Waals surface area (Å²) in [7, 11) is 0. The molecule has 1 atom stereocenters. The summed E-state index contributed by atoms with van der Waals surface area (Å²) in [6.07, 6.45) is -0.850. The lowest BCUT2D eigenvalue weighted by atomic mass is 10.1. The topological polar surface area (TPSA) is 134 Å². The van der Waals surface area contributed by atoms with E-state index in [4.69, 9.17) is 39.5 Å². The van der Waals surface area contributed by atoms with E-state index in [-0.39, 0.29) is 27.7 Å². The summed E-state index contributed by atoms with van der Waals surface area (Å²) in [5, 5.41) is 16.8. The second kappa shape index (κ2) is 12.1. The van der Waals surface area contributed by atoms with Gasteiger partial charge in [0.15, 0.2) is 0 Å². The van der Waals surface area contributed by atoms with Crippen LogP contribution in [-0.4, -0.2) is 47.2 Å². The molecule has 2 aromatic rings. The molecule has 1 unspecified atom stereocenters. The molecule has 0 aliphatic carbocycles. The molecule has 12 heteroatoms. The van der Waals surface area contributed by atoms with Crippen LogP contribution < -0.4 is 16.0 Å². The number of nitrogens with one attached hydrogen (secondary N) is 3. The van der Waals surface area contributed by atoms with Crippen LogP contribution in [0.3, 0.4) is 0 Å². The number of anilines is 1. The highest BCUT2D eigenvalue weighted by atomic mass is 35.5. The molecule has 0 saturated carbocycles. The van der Waals surface area contributed by atoms with Gasteiger partial charge >= 0.3 is 12.1 Å². The van der Waals surface area contributed by atoms with Crippen LogP contribution in [0.25, 0.3) is 0 Å². The van der Waals surface area contributed by atoms with Crippen LogP contribution in [0.5, 0.6) is 0 Å². The third kappa shape index (κ3) is 8.93. The maximum Gasteiger partial charge on any atom is 0.407 e. The second-order valence-corrected chi connectivity index (χ2v) is 9.61. The highest BCUT2D eigenvalue weighted by Crippen LogP contribution is 2.32. The van der Waals surface area contributed by atoms with Crippen LogP contribution in [0.1, 0.15) is 36.7 Å². The fraction of sp³-hybridized carbons (Fsp3) is 0.304. The van der Waals surface area contributed by atoms with Crippen molar-refractivity contribution in [2.75, 3.05) is 11.9 Å². The lowest BCUT2D eigenvalue weighted by Gasteiger charge is -2.21. The SMILES string of the molecule is CC(C)(C)OC(=O)NCC(NC(=O)c1c(Cl)ccc(NC(=O)Cc2cccc(Cl)c2)c1Cl)C(=O)O. The van der Waals surface area contributed by atoms with E-state index >= 15 is 0 Å². The predicted molar refractivity (Wildman–Crippen MR) is 133 cm³/mol. The van der Waals surface area contributed by atoms with Gasteiger partial charge in [0.25, 0.3) is 5.91 Å². The Kier molecular flexibility index (Phi) is 9.76. The number of carboxylic acids is 1. The summed E-state index contributed by atoms with van der Waals surface area (Å²) < 4.78 is 5.05. The minimum absolute atomic E-state index is 0.00152. The lowest BCUT2D eigenvalue weighted by molar-refractivity contribution is -0.139. The molecule has 0 aliphatic rings. The van der Waals surface area contributed by atoms with Crippen molar-refractivity contribution in [3.8, 4) is 0 Å². The Hall–Kier alpha value is -3.01. The fourth-order valence-electron chi connectivity index (χ4n) is 2.81. The third-order valence-electron chi connectivity index (χ3n) is 4.30. The standard InChI is InChI=1S/C23H24Cl3N3O6/c1-23(2,3)35-22(34)27-11-16(21(32)33)29-20(31)18-14(25)7-8-15(19(18)26)28-17(30)10-12-5-4-6-13(24)9-12/h4-9,16H,10-11H2,1-3H3,(H,27,34)(H,28,30)(H,29,31)(H,32,33). The van der Waals surface area contributed by atoms with E-state index in [1.165, 1.54) is 12.1 Å². The van der Waals surface area contributed by atoms with Crippen LogP contribution >= 0.6 is 34.8 Å². The van der Waals surface area contributed by atoms with Crippen molar-refractivity contribution in [2.24, 2.45) is 0 Å². The van der Waals surface area contributed by atoms with Crippen LogP contribution in [0.2, 0.25) is 15.1 Å². The van der Waals surface area contributed by atoms with Crippen LogP contribution in [-0.2, 0) is 20.7 Å². The van der Waals surface area contributed by atoms with Gasteiger partial charge < -0.3 is 25.8 Å². The van der Waals surface area contributed by atoms with Crippen molar-refractivity contribution < 1.29 is 29.0 Å². The number of ether oxygens (including phenoxy) is 1. The van der Waals surface area contributed by atoms with Gasteiger partial charge in [-0.2, -0.15) is 0 Å². The fourth-order valence-corrected chi connectivity index (χ4v) is 3.62. The van der Waals surface area contributed by atoms with Crippen molar-refractivity contribution >= 4 is 64.4 Å². The van der Waals surface area contributed by atoms with Gasteiger partial charge in [-0.25, -0.2) is 9.59 Å². The van der Waals surface area contributed by atoms with Gasteiger partial charge in [-0.1, -0.05) is 46.9 Å². The van der Waals surface area contributed by atoms with Gasteiger partial charge in [0.05, 0.1) is 34.3 Å². The number of carboxylic acid groups (broad SMARTS) is 1. The van der Waals surface area contributed by atoms with Gasteiger partial charge in [-0.05, 0) is 50.6 Å². The Morgan fingerprint density at radius 2 is 1.74 bits per heavy atom. The van der Waals surface area contributed by atoms with Crippen molar-refractivity contribution in [2.45, 2.75) is 38.8 Å². The molecule has 35 heavy (non-hydrogen) atoms. The number of carbonyl (C=O) groups is 4. The van der Waals surface area contributed by atoms with Gasteiger partial charge in [-0.15, -0.1) is 0 Å². The third-order valence-corrected chi connectivity index (χ3v) is 5.24. The van der Waals surface area contributed by atoms with E-state index in [1.807, 2.05) is 0 Å². The van der Waals surface area contributed by atoms with Crippen LogP contribution in [0, 0.1) is 0 Å². The second-order valence-electron chi connectivity index (χ2n) is 8.39. The summed E-state index contributed by atoms with van der Waals surface area (Å²) in [6, 6.07) is 7.99. The van der Waals surface area contributed by atoms with Crippen molar-refractivity contribution in [1.82, 2.24) is 10.6 Å². The number of benzene rings is 2. The normalized spacial score (nSPS) is 11.8. The Labute approximate surface area is 217 Å². The largest absolute Gasteiger partial charge is 0.480 e. The predicted octanol–water partition coefficient (Wildman–Crippen LogP) is 4.54. The molecule has 0 fully saturated rings. The van der Waals surface area contributed by atoms with E-state index in [1.54, 1.807) is 45.0 Å². The van der Waals surface area contributed by atoms with Crippen molar-refractivity contribution in [1.29, 1.82) is 0 Å². The average Bonchev–Trinajstić information content (AvgIpc) is 2.71. The Morgan fingerprint density at radius 3 is 2.34 bits per heavy atom. The maximum atomic E-state index is 12.8. The molecular weight excluding hydrogens is 521 g/mol. The molecule has 4 N–H and O–H groups in total. The van der Waals surface area contributed by atoms with E-state index in [9.17, 15) is 24.3 Å².